The van der Waals surface area contributed by atoms with Gasteiger partial charge in [-0.3, -0.25) is 9.69 Å². The number of quaternary nitrogens is 1. The molecule has 160 valence electrons. The monoisotopic (exact) mass is 428 g/mol. The zero-order chi connectivity index (χ0) is 21.8. The van der Waals surface area contributed by atoms with Crippen molar-refractivity contribution in [1.82, 2.24) is 4.98 Å². The van der Waals surface area contributed by atoms with E-state index < -0.39 is 0 Å². The van der Waals surface area contributed by atoms with Crippen LogP contribution in [0.5, 0.6) is 11.5 Å². The predicted molar refractivity (Wildman–Crippen MR) is 123 cm³/mol. The van der Waals surface area contributed by atoms with Gasteiger partial charge in [0.1, 0.15) is 11.5 Å². The lowest BCUT2D eigenvalue weighted by Gasteiger charge is -2.21. The van der Waals surface area contributed by atoms with Crippen molar-refractivity contribution in [2.24, 2.45) is 0 Å². The summed E-state index contributed by atoms with van der Waals surface area (Å²) < 4.78 is 11.8. The SMILES string of the molecule is COc1cc(OC)cc(C(=O)N(CCC[NH+](C)C)c2nc3c(C)cc(C)cc3s2)c1. The predicted octanol–water partition coefficient (Wildman–Crippen LogP) is 3.11. The summed E-state index contributed by atoms with van der Waals surface area (Å²) in [5, 5.41) is 0.722. The van der Waals surface area contributed by atoms with Gasteiger partial charge in [0.05, 0.1) is 45.1 Å². The van der Waals surface area contributed by atoms with Crippen molar-refractivity contribution in [3.8, 4) is 11.5 Å². The van der Waals surface area contributed by atoms with Crippen LogP contribution in [0.3, 0.4) is 0 Å². The van der Waals surface area contributed by atoms with Crippen LogP contribution in [0, 0.1) is 13.8 Å². The van der Waals surface area contributed by atoms with E-state index in [-0.39, 0.29) is 5.91 Å². The van der Waals surface area contributed by atoms with E-state index in [0.29, 0.717) is 23.6 Å². The van der Waals surface area contributed by atoms with Crippen LogP contribution in [-0.4, -0.2) is 52.3 Å². The lowest BCUT2D eigenvalue weighted by Crippen LogP contribution is -3.05. The Kier molecular flexibility index (Phi) is 6.95. The first-order valence-corrected chi connectivity index (χ1v) is 10.9. The van der Waals surface area contributed by atoms with Gasteiger partial charge in [-0.15, -0.1) is 0 Å². The molecular formula is C23H30N3O3S+. The number of nitrogens with zero attached hydrogens (tertiary/aromatic N) is 2. The van der Waals surface area contributed by atoms with Gasteiger partial charge in [0, 0.05) is 24.6 Å². The summed E-state index contributed by atoms with van der Waals surface area (Å²) >= 11 is 1.56. The van der Waals surface area contributed by atoms with Crippen LogP contribution in [0.15, 0.2) is 30.3 Å². The minimum atomic E-state index is -0.102. The highest BCUT2D eigenvalue weighted by atomic mass is 32.1. The van der Waals surface area contributed by atoms with Crippen molar-refractivity contribution < 1.29 is 19.2 Å². The van der Waals surface area contributed by atoms with E-state index in [4.69, 9.17) is 14.5 Å². The molecule has 0 aliphatic carbocycles. The molecule has 0 radical (unpaired) electrons. The standard InChI is InChI=1S/C23H29N3O3S/c1-15-10-16(2)21-20(11-15)30-23(24-21)26(9-7-8-25(3)4)22(27)17-12-18(28-5)14-19(13-17)29-6/h10-14H,7-9H2,1-6H3/p+1. The fourth-order valence-corrected chi connectivity index (χ4v) is 4.60. The Balaban J connectivity index is 2.02. The largest absolute Gasteiger partial charge is 0.497 e. The number of rotatable bonds is 8. The molecule has 0 aliphatic heterocycles. The molecule has 1 N–H and O–H groups in total. The second-order valence-corrected chi connectivity index (χ2v) is 8.80. The number of thiazole rings is 1. The molecule has 0 aliphatic rings. The number of anilines is 1. The Bertz CT molecular complexity index is 1020. The summed E-state index contributed by atoms with van der Waals surface area (Å²) in [6, 6.07) is 9.51. The second-order valence-electron chi connectivity index (χ2n) is 7.79. The van der Waals surface area contributed by atoms with Crippen LogP contribution in [0.4, 0.5) is 5.13 Å². The van der Waals surface area contributed by atoms with Crippen LogP contribution in [0.2, 0.25) is 0 Å². The van der Waals surface area contributed by atoms with E-state index in [1.807, 2.05) is 0 Å². The molecule has 0 bridgehead atoms. The van der Waals surface area contributed by atoms with Gasteiger partial charge in [0.25, 0.3) is 5.91 Å². The van der Waals surface area contributed by atoms with Crippen molar-refractivity contribution in [3.63, 3.8) is 0 Å². The molecule has 0 atom stereocenters. The maximum absolute atomic E-state index is 13.6. The summed E-state index contributed by atoms with van der Waals surface area (Å²) in [5.41, 5.74) is 3.80. The molecule has 0 spiro atoms. The average molecular weight is 429 g/mol. The summed E-state index contributed by atoms with van der Waals surface area (Å²) in [6.45, 7) is 5.71. The summed E-state index contributed by atoms with van der Waals surface area (Å²) in [7, 11) is 7.39. The average Bonchev–Trinajstić information content (AvgIpc) is 3.14. The molecule has 1 aromatic heterocycles. The zero-order valence-electron chi connectivity index (χ0n) is 18.5. The number of carbonyl (C=O) groups is 1. The summed E-state index contributed by atoms with van der Waals surface area (Å²) in [4.78, 5) is 21.5. The number of carbonyl (C=O) groups excluding carboxylic acids is 1. The van der Waals surface area contributed by atoms with Crippen molar-refractivity contribution in [3.05, 3.63) is 47.0 Å². The molecule has 2 aromatic carbocycles. The van der Waals surface area contributed by atoms with Gasteiger partial charge >= 0.3 is 0 Å². The maximum Gasteiger partial charge on any atom is 0.260 e. The third-order valence-electron chi connectivity index (χ3n) is 4.95. The van der Waals surface area contributed by atoms with E-state index in [2.05, 4.69) is 40.1 Å². The third kappa shape index (κ3) is 4.91. The molecule has 0 saturated carbocycles. The third-order valence-corrected chi connectivity index (χ3v) is 5.98. The Morgan fingerprint density at radius 2 is 1.73 bits per heavy atom. The smallest absolute Gasteiger partial charge is 0.260 e. The highest BCUT2D eigenvalue weighted by Gasteiger charge is 2.23. The molecule has 3 rings (SSSR count). The molecule has 6 nitrogen and oxygen atoms in total. The molecular weight excluding hydrogens is 398 g/mol. The van der Waals surface area contributed by atoms with Crippen LogP contribution in [0.25, 0.3) is 10.2 Å². The quantitative estimate of drug-likeness (QED) is 0.599. The van der Waals surface area contributed by atoms with Crippen molar-refractivity contribution in [2.45, 2.75) is 20.3 Å². The first-order valence-electron chi connectivity index (χ1n) is 10.0. The Labute approximate surface area is 182 Å². The number of hydrogen-bond donors (Lipinski definition) is 1. The molecule has 1 amide bonds. The fourth-order valence-electron chi connectivity index (χ4n) is 3.44. The Morgan fingerprint density at radius 1 is 1.07 bits per heavy atom. The number of aromatic nitrogens is 1. The van der Waals surface area contributed by atoms with Gasteiger partial charge in [-0.2, -0.15) is 0 Å². The topological polar surface area (TPSA) is 56.1 Å². The molecule has 30 heavy (non-hydrogen) atoms. The molecule has 7 heteroatoms. The van der Waals surface area contributed by atoms with E-state index >= 15 is 0 Å². The number of nitrogens with one attached hydrogen (secondary N) is 1. The van der Waals surface area contributed by atoms with Gasteiger partial charge in [0.2, 0.25) is 0 Å². The van der Waals surface area contributed by atoms with Crippen molar-refractivity contribution in [1.29, 1.82) is 0 Å². The van der Waals surface area contributed by atoms with Crippen molar-refractivity contribution >= 4 is 32.6 Å². The van der Waals surface area contributed by atoms with E-state index in [0.717, 1.165) is 33.9 Å². The highest BCUT2D eigenvalue weighted by Crippen LogP contribution is 2.33. The molecule has 1 heterocycles. The van der Waals surface area contributed by atoms with Gasteiger partial charge in [-0.1, -0.05) is 17.4 Å². The minimum absolute atomic E-state index is 0.102. The molecule has 0 unspecified atom stereocenters. The summed E-state index contributed by atoms with van der Waals surface area (Å²) in [5.74, 6) is 1.08. The van der Waals surface area contributed by atoms with Gasteiger partial charge in [0.15, 0.2) is 5.13 Å². The first-order chi connectivity index (χ1) is 14.3. The maximum atomic E-state index is 13.6. The van der Waals surface area contributed by atoms with Crippen LogP contribution >= 0.6 is 11.3 Å². The molecule has 3 aromatic rings. The summed E-state index contributed by atoms with van der Waals surface area (Å²) in [6.07, 6.45) is 0.878. The normalized spacial score (nSPS) is 11.2. The van der Waals surface area contributed by atoms with E-state index in [9.17, 15) is 4.79 Å². The molecule has 0 saturated heterocycles. The Morgan fingerprint density at radius 3 is 2.33 bits per heavy atom. The van der Waals surface area contributed by atoms with Gasteiger partial charge in [-0.25, -0.2) is 4.98 Å². The number of aryl methyl sites for hydroxylation is 2. The number of hydrogen-bond acceptors (Lipinski definition) is 5. The number of benzene rings is 2. The first kappa shape index (κ1) is 22.1. The van der Waals surface area contributed by atoms with Crippen LogP contribution < -0.4 is 19.3 Å². The number of methoxy groups -OCH3 is 2. The second kappa shape index (κ2) is 9.45. The molecule has 0 fully saturated rings. The van der Waals surface area contributed by atoms with Crippen LogP contribution in [0.1, 0.15) is 27.9 Å². The minimum Gasteiger partial charge on any atom is -0.497 e. The Hall–Kier alpha value is -2.64. The zero-order valence-corrected chi connectivity index (χ0v) is 19.4. The van der Waals surface area contributed by atoms with E-state index in [1.54, 1.807) is 48.7 Å². The number of ether oxygens (including phenoxy) is 2. The number of amides is 1. The van der Waals surface area contributed by atoms with Crippen LogP contribution in [-0.2, 0) is 0 Å². The fraction of sp³-hybridized carbons (Fsp3) is 0.391. The van der Waals surface area contributed by atoms with Gasteiger partial charge in [-0.05, 0) is 43.2 Å². The van der Waals surface area contributed by atoms with Crippen molar-refractivity contribution in [2.75, 3.05) is 46.3 Å². The van der Waals surface area contributed by atoms with Gasteiger partial charge < -0.3 is 14.4 Å². The number of fused-ring (bicyclic) bond motifs is 1. The highest BCUT2D eigenvalue weighted by molar-refractivity contribution is 7.22. The lowest BCUT2D eigenvalue weighted by molar-refractivity contribution is -0.858. The van der Waals surface area contributed by atoms with E-state index in [1.165, 1.54) is 10.5 Å². The lowest BCUT2D eigenvalue weighted by atomic mass is 10.1.